The van der Waals surface area contributed by atoms with Gasteiger partial charge in [-0.1, -0.05) is 0 Å². The van der Waals surface area contributed by atoms with E-state index in [2.05, 4.69) is 4.90 Å². The van der Waals surface area contributed by atoms with Crippen LogP contribution in [0.25, 0.3) is 0 Å². The molecule has 0 radical (unpaired) electrons. The fourth-order valence-corrected chi connectivity index (χ4v) is 2.44. The molecule has 1 aliphatic heterocycles. The van der Waals surface area contributed by atoms with E-state index in [1.807, 2.05) is 11.9 Å². The van der Waals surface area contributed by atoms with Crippen molar-refractivity contribution in [1.29, 1.82) is 0 Å². The number of carboxylic acid groups (broad SMARTS) is 1. The van der Waals surface area contributed by atoms with Crippen LogP contribution in [-0.4, -0.2) is 65.9 Å². The van der Waals surface area contributed by atoms with Gasteiger partial charge in [0.05, 0.1) is 0 Å². The van der Waals surface area contributed by atoms with Crippen molar-refractivity contribution in [3.8, 4) is 0 Å². The molecule has 114 valence electrons. The Hall–Kier alpha value is -1.79. The molecule has 1 aromatic carbocycles. The first kappa shape index (κ1) is 15.6. The number of Topliss-reactive ketones (excluding diaryl/α,β-unsaturated/α-hetero) is 1. The number of aliphatic carboxylic acids is 1. The minimum atomic E-state index is -0.991. The number of piperazine rings is 1. The molecule has 1 atom stereocenters. The van der Waals surface area contributed by atoms with Gasteiger partial charge in [0.2, 0.25) is 0 Å². The van der Waals surface area contributed by atoms with Crippen LogP contribution in [0.15, 0.2) is 24.3 Å². The van der Waals surface area contributed by atoms with E-state index in [1.54, 1.807) is 0 Å². The van der Waals surface area contributed by atoms with Gasteiger partial charge >= 0.3 is 5.97 Å². The number of nitrogens with zero attached hydrogens (tertiary/aromatic N) is 2. The molecule has 2 rings (SSSR count). The first-order valence-electron chi connectivity index (χ1n) is 6.91. The molecular formula is C15H19FN2O3. The minimum Gasteiger partial charge on any atom is -0.480 e. The van der Waals surface area contributed by atoms with E-state index < -0.39 is 17.8 Å². The number of carbonyl (C=O) groups excluding carboxylic acids is 1. The molecule has 0 spiro atoms. The summed E-state index contributed by atoms with van der Waals surface area (Å²) in [4.78, 5) is 27.5. The van der Waals surface area contributed by atoms with Gasteiger partial charge in [-0.2, -0.15) is 0 Å². The second-order valence-electron chi connectivity index (χ2n) is 5.33. The normalized spacial score (nSPS) is 18.4. The average Bonchev–Trinajstić information content (AvgIpc) is 2.46. The van der Waals surface area contributed by atoms with Crippen LogP contribution in [0, 0.1) is 5.82 Å². The van der Waals surface area contributed by atoms with Gasteiger partial charge in [0.25, 0.3) is 0 Å². The largest absolute Gasteiger partial charge is 0.480 e. The first-order valence-corrected chi connectivity index (χ1v) is 6.91. The van der Waals surface area contributed by atoms with Gasteiger partial charge in [-0.05, 0) is 31.3 Å². The van der Waals surface area contributed by atoms with Crippen LogP contribution in [0.4, 0.5) is 4.39 Å². The molecule has 0 bridgehead atoms. The van der Waals surface area contributed by atoms with Gasteiger partial charge in [-0.15, -0.1) is 0 Å². The highest BCUT2D eigenvalue weighted by molar-refractivity contribution is 5.98. The van der Waals surface area contributed by atoms with Crippen LogP contribution in [0.3, 0.4) is 0 Å². The number of carboxylic acids is 1. The zero-order valence-corrected chi connectivity index (χ0v) is 12.0. The molecule has 0 unspecified atom stereocenters. The summed E-state index contributed by atoms with van der Waals surface area (Å²) in [5.74, 6) is -1.68. The zero-order chi connectivity index (χ0) is 15.4. The predicted molar refractivity (Wildman–Crippen MR) is 75.8 cm³/mol. The Labute approximate surface area is 123 Å². The number of halogens is 1. The van der Waals surface area contributed by atoms with E-state index in [9.17, 15) is 19.1 Å². The fraction of sp³-hybridized carbons (Fsp3) is 0.467. The Morgan fingerprint density at radius 2 is 1.76 bits per heavy atom. The number of rotatable bonds is 5. The van der Waals surface area contributed by atoms with Crippen LogP contribution in [0.2, 0.25) is 0 Å². The summed E-state index contributed by atoms with van der Waals surface area (Å²) >= 11 is 0. The highest BCUT2D eigenvalue weighted by atomic mass is 19.1. The number of hydrogen-bond acceptors (Lipinski definition) is 4. The Bertz CT molecular complexity index is 510. The highest BCUT2D eigenvalue weighted by Crippen LogP contribution is 2.13. The molecule has 21 heavy (non-hydrogen) atoms. The standard InChI is InChI=1S/C15H19FN2O3/c1-17-6-8-18(9-7-17)13(15(20)21)10-14(19)11-2-4-12(16)5-3-11/h2-5,13H,6-10H2,1H3,(H,20,21)/t13-/m0/s1. The minimum absolute atomic E-state index is 0.0926. The van der Waals surface area contributed by atoms with Crippen molar-refractivity contribution in [2.45, 2.75) is 12.5 Å². The van der Waals surface area contributed by atoms with Gasteiger partial charge < -0.3 is 10.0 Å². The van der Waals surface area contributed by atoms with E-state index in [1.165, 1.54) is 24.3 Å². The van der Waals surface area contributed by atoms with E-state index in [4.69, 9.17) is 0 Å². The van der Waals surface area contributed by atoms with Crippen molar-refractivity contribution in [3.05, 3.63) is 35.6 Å². The molecule has 1 heterocycles. The summed E-state index contributed by atoms with van der Waals surface area (Å²) in [6.45, 7) is 2.83. The molecule has 6 heteroatoms. The Morgan fingerprint density at radius 3 is 2.29 bits per heavy atom. The third-order valence-corrected chi connectivity index (χ3v) is 3.81. The molecule has 0 aliphatic carbocycles. The molecule has 1 N–H and O–H groups in total. The summed E-state index contributed by atoms with van der Waals surface area (Å²) in [5, 5.41) is 9.36. The van der Waals surface area contributed by atoms with Gasteiger partial charge in [-0.25, -0.2) is 4.39 Å². The summed E-state index contributed by atoms with van der Waals surface area (Å²) in [6.07, 6.45) is -0.0926. The van der Waals surface area contributed by atoms with Crippen molar-refractivity contribution >= 4 is 11.8 Å². The average molecular weight is 294 g/mol. The lowest BCUT2D eigenvalue weighted by atomic mass is 10.0. The van der Waals surface area contributed by atoms with E-state index in [0.29, 0.717) is 18.7 Å². The number of carbonyl (C=O) groups is 2. The first-order chi connectivity index (χ1) is 9.97. The maximum absolute atomic E-state index is 12.9. The maximum atomic E-state index is 12.9. The summed E-state index contributed by atoms with van der Waals surface area (Å²) in [5.41, 5.74) is 0.344. The third-order valence-electron chi connectivity index (χ3n) is 3.81. The number of ketones is 1. The third kappa shape index (κ3) is 4.09. The quantitative estimate of drug-likeness (QED) is 0.824. The molecule has 5 nitrogen and oxygen atoms in total. The number of hydrogen-bond donors (Lipinski definition) is 1. The van der Waals surface area contributed by atoms with Crippen molar-refractivity contribution in [1.82, 2.24) is 9.80 Å². The van der Waals surface area contributed by atoms with E-state index >= 15 is 0 Å². The lowest BCUT2D eigenvalue weighted by Gasteiger charge is -2.35. The van der Waals surface area contributed by atoms with Crippen LogP contribution in [0.1, 0.15) is 16.8 Å². The number of likely N-dealkylation sites (N-methyl/N-ethyl adjacent to an activating group) is 1. The number of benzene rings is 1. The van der Waals surface area contributed by atoms with Gasteiger partial charge in [0.1, 0.15) is 11.9 Å². The van der Waals surface area contributed by atoms with Crippen molar-refractivity contribution in [2.75, 3.05) is 33.2 Å². The zero-order valence-electron chi connectivity index (χ0n) is 12.0. The molecular weight excluding hydrogens is 275 g/mol. The SMILES string of the molecule is CN1CCN([C@@H](CC(=O)c2ccc(F)cc2)C(=O)O)CC1. The fourth-order valence-electron chi connectivity index (χ4n) is 2.44. The molecule has 1 saturated heterocycles. The van der Waals surface area contributed by atoms with Crippen LogP contribution < -0.4 is 0 Å². The van der Waals surface area contributed by atoms with Crippen LogP contribution >= 0.6 is 0 Å². The molecule has 1 aliphatic rings. The van der Waals surface area contributed by atoms with E-state index in [-0.39, 0.29) is 12.2 Å². The second kappa shape index (κ2) is 6.78. The Morgan fingerprint density at radius 1 is 1.19 bits per heavy atom. The van der Waals surface area contributed by atoms with E-state index in [0.717, 1.165) is 13.1 Å². The summed E-state index contributed by atoms with van der Waals surface area (Å²) < 4.78 is 12.9. The lowest BCUT2D eigenvalue weighted by molar-refractivity contribution is -0.143. The van der Waals surface area contributed by atoms with Gasteiger partial charge in [0, 0.05) is 38.2 Å². The van der Waals surface area contributed by atoms with Crippen molar-refractivity contribution in [2.24, 2.45) is 0 Å². The molecule has 0 amide bonds. The second-order valence-corrected chi connectivity index (χ2v) is 5.33. The summed E-state index contributed by atoms with van der Waals surface area (Å²) in [6, 6.07) is 4.37. The monoisotopic (exact) mass is 294 g/mol. The Balaban J connectivity index is 2.04. The molecule has 1 aromatic rings. The topological polar surface area (TPSA) is 60.9 Å². The van der Waals surface area contributed by atoms with Gasteiger partial charge in [0.15, 0.2) is 5.78 Å². The predicted octanol–water partition coefficient (Wildman–Crippen LogP) is 1.10. The summed E-state index contributed by atoms with van der Waals surface area (Å²) in [7, 11) is 1.98. The maximum Gasteiger partial charge on any atom is 0.321 e. The molecule has 0 aromatic heterocycles. The van der Waals surface area contributed by atoms with Crippen LogP contribution in [-0.2, 0) is 4.79 Å². The van der Waals surface area contributed by atoms with Crippen molar-refractivity contribution in [3.63, 3.8) is 0 Å². The molecule has 1 fully saturated rings. The molecule has 0 saturated carbocycles. The van der Waals surface area contributed by atoms with Gasteiger partial charge in [-0.3, -0.25) is 14.5 Å². The van der Waals surface area contributed by atoms with Crippen LogP contribution in [0.5, 0.6) is 0 Å². The van der Waals surface area contributed by atoms with Crippen molar-refractivity contribution < 1.29 is 19.1 Å². The smallest absolute Gasteiger partial charge is 0.321 e. The highest BCUT2D eigenvalue weighted by Gasteiger charge is 2.30. The Kier molecular flexibility index (Phi) is 5.03. The lowest BCUT2D eigenvalue weighted by Crippen LogP contribution is -2.52.